The molecular weight excluding hydrogens is 1180 g/mol. The molecule has 0 aliphatic heterocycles. The Morgan fingerprint density at radius 3 is 1.05 bits per heavy atom. The lowest BCUT2D eigenvalue weighted by atomic mass is 9.84. The smallest absolute Gasteiger partial charge is 0.398 e. The number of nitrogens with two attached hydrogens (primary N) is 2. The van der Waals surface area contributed by atoms with Gasteiger partial charge in [0.05, 0.1) is 0 Å². The average Bonchev–Trinajstić information content (AvgIpc) is 3.41. The summed E-state index contributed by atoms with van der Waals surface area (Å²) in [6.45, 7) is 5.26. The molecule has 10 nitrogen and oxygen atoms in total. The SMILES string of the molecule is C.C.CC(O)(c1cc(Cc2ccc(N)c(C(C)(O)C(F)(F)F)c2)ccc1N)C(F)(F)F.CCc1ccc(Cc2ccc(CC(=O)c3cccc(C(C)=O)c3)c(C(C)(O)C(F)(F)F)c2)cc1C(C)(O)C(F)(F)F.O=C(Cl)c1cccc(C(=O)Cl)c1. The van der Waals surface area contributed by atoms with Gasteiger partial charge in [0.2, 0.25) is 0 Å². The van der Waals surface area contributed by atoms with Crippen LogP contribution < -0.4 is 11.5 Å². The van der Waals surface area contributed by atoms with Crippen molar-refractivity contribution in [3.8, 4) is 0 Å². The molecule has 24 heteroatoms. The number of carbonyl (C=O) groups excluding carboxylic acids is 4. The molecule has 0 spiro atoms. The summed E-state index contributed by atoms with van der Waals surface area (Å²) in [6, 6.07) is 26.8. The van der Waals surface area contributed by atoms with E-state index in [-0.39, 0.29) is 107 Å². The van der Waals surface area contributed by atoms with E-state index in [1.54, 1.807) is 13.0 Å². The fourth-order valence-electron chi connectivity index (χ4n) is 8.14. The molecule has 0 heterocycles. The standard InChI is InChI=1S/C31H30F6O4.C19H20F6N2O2.C8H4Cl2O2.2CH4/c1-5-21-11-9-19(14-25(21)28(3,40)30(32,33)34)13-20-10-12-23(26(15-20)29(4,41)31(35,36)37)17-27(39)24-8-6-7-22(16-24)18(2)38;1-16(28,18(20,21)22)12-8-10(3-5-14(12)26)7-11-4-6-15(27)13(9-11)17(2,29)19(23,24)25;9-7(11)5-2-1-3-6(4-5)8(10)12;;/h6-12,14-16,40-41H,5,13,17H2,1-4H3;3-6,8-9,28-29H,7,26-27H2,1-2H3;1-4H;2*1H4. The van der Waals surface area contributed by atoms with Gasteiger partial charge in [0.1, 0.15) is 0 Å². The van der Waals surface area contributed by atoms with Crippen molar-refractivity contribution in [1.29, 1.82) is 0 Å². The average molecular weight is 1240 g/mol. The van der Waals surface area contributed by atoms with Crippen molar-refractivity contribution in [2.75, 3.05) is 11.5 Å². The zero-order chi connectivity index (χ0) is 62.5. The third kappa shape index (κ3) is 17.2. The van der Waals surface area contributed by atoms with Crippen molar-refractivity contribution >= 4 is 56.6 Å². The number of carbonyl (C=O) groups is 4. The summed E-state index contributed by atoms with van der Waals surface area (Å²) in [4.78, 5) is 45.9. The topological polar surface area (TPSA) is 201 Å². The van der Waals surface area contributed by atoms with Crippen LogP contribution in [0, 0.1) is 0 Å². The molecule has 458 valence electrons. The highest BCUT2D eigenvalue weighted by molar-refractivity contribution is 6.69. The molecule has 84 heavy (non-hydrogen) atoms. The van der Waals surface area contributed by atoms with E-state index in [1.807, 2.05) is 0 Å². The third-order valence-corrected chi connectivity index (χ3v) is 13.8. The predicted molar refractivity (Wildman–Crippen MR) is 297 cm³/mol. The van der Waals surface area contributed by atoms with Gasteiger partial charge in [-0.1, -0.05) is 119 Å². The first-order chi connectivity index (χ1) is 37.4. The highest BCUT2D eigenvalue weighted by Crippen LogP contribution is 2.45. The molecule has 0 saturated carbocycles. The number of aryl methyl sites for hydroxylation is 1. The molecule has 0 radical (unpaired) electrons. The van der Waals surface area contributed by atoms with Crippen LogP contribution >= 0.6 is 23.2 Å². The predicted octanol–water partition coefficient (Wildman–Crippen LogP) is 14.7. The molecule has 0 bridgehead atoms. The Bertz CT molecular complexity index is 3230. The van der Waals surface area contributed by atoms with Crippen LogP contribution in [0.1, 0.15) is 153 Å². The largest absolute Gasteiger partial charge is 0.421 e. The number of ketones is 2. The fraction of sp³-hybridized carbons (Fsp3) is 0.333. The number of alkyl halides is 12. The summed E-state index contributed by atoms with van der Waals surface area (Å²) in [7, 11) is 0. The first kappa shape index (κ1) is 73.3. The number of nitrogen functional groups attached to an aromatic ring is 2. The second-order valence-corrected chi connectivity index (χ2v) is 20.4. The molecule has 0 fully saturated rings. The van der Waals surface area contributed by atoms with E-state index in [4.69, 9.17) is 34.7 Å². The zero-order valence-electron chi connectivity index (χ0n) is 44.2. The Morgan fingerprint density at radius 2 is 0.714 bits per heavy atom. The van der Waals surface area contributed by atoms with E-state index < -0.39 is 86.5 Å². The van der Waals surface area contributed by atoms with Gasteiger partial charge in [-0.2, -0.15) is 52.7 Å². The van der Waals surface area contributed by atoms with Crippen LogP contribution in [-0.4, -0.2) is 67.2 Å². The van der Waals surface area contributed by atoms with Gasteiger partial charge in [-0.25, -0.2) is 0 Å². The van der Waals surface area contributed by atoms with Crippen LogP contribution in [0.4, 0.5) is 64.1 Å². The van der Waals surface area contributed by atoms with Crippen LogP contribution in [0.15, 0.2) is 121 Å². The molecule has 0 saturated heterocycles. The van der Waals surface area contributed by atoms with Gasteiger partial charge in [-0.15, -0.1) is 0 Å². The van der Waals surface area contributed by atoms with Crippen molar-refractivity contribution < 1.29 is 92.3 Å². The Morgan fingerprint density at radius 1 is 0.429 bits per heavy atom. The van der Waals surface area contributed by atoms with E-state index in [2.05, 4.69) is 0 Å². The van der Waals surface area contributed by atoms with Gasteiger partial charge >= 0.3 is 24.7 Å². The van der Waals surface area contributed by atoms with E-state index in [1.165, 1.54) is 104 Å². The molecule has 4 atom stereocenters. The van der Waals surface area contributed by atoms with Crippen molar-refractivity contribution in [3.63, 3.8) is 0 Å². The maximum absolute atomic E-state index is 13.9. The second kappa shape index (κ2) is 27.5. The summed E-state index contributed by atoms with van der Waals surface area (Å²) in [5, 5.41) is 39.4. The summed E-state index contributed by atoms with van der Waals surface area (Å²) >= 11 is 10.4. The maximum Gasteiger partial charge on any atom is 0.421 e. The number of hydrogen-bond acceptors (Lipinski definition) is 10. The lowest BCUT2D eigenvalue weighted by Crippen LogP contribution is -2.40. The van der Waals surface area contributed by atoms with Crippen LogP contribution in [-0.2, 0) is 48.1 Å². The second-order valence-electron chi connectivity index (χ2n) is 19.7. The van der Waals surface area contributed by atoms with Crippen molar-refractivity contribution in [2.24, 2.45) is 0 Å². The van der Waals surface area contributed by atoms with Crippen LogP contribution in [0.3, 0.4) is 0 Å². The van der Waals surface area contributed by atoms with E-state index in [0.29, 0.717) is 33.3 Å². The first-order valence-electron chi connectivity index (χ1n) is 24.2. The fourth-order valence-corrected chi connectivity index (χ4v) is 8.37. The molecule has 0 amide bonds. The van der Waals surface area contributed by atoms with E-state index in [9.17, 15) is 92.3 Å². The van der Waals surface area contributed by atoms with Crippen LogP contribution in [0.2, 0.25) is 0 Å². The van der Waals surface area contributed by atoms with Crippen LogP contribution in [0.25, 0.3) is 0 Å². The Balaban J connectivity index is 0.000000485. The molecule has 6 aromatic carbocycles. The number of Topliss-reactive ketones (excluding diaryl/α,β-unsaturated/α-hetero) is 2. The van der Waals surface area contributed by atoms with Crippen molar-refractivity contribution in [3.05, 3.63) is 199 Å². The first-order valence-corrected chi connectivity index (χ1v) is 25.0. The summed E-state index contributed by atoms with van der Waals surface area (Å²) in [6.07, 6.45) is -20.5. The molecule has 4 unspecified atom stereocenters. The Kier molecular flexibility index (Phi) is 24.0. The lowest BCUT2D eigenvalue weighted by molar-refractivity contribution is -0.259. The van der Waals surface area contributed by atoms with E-state index >= 15 is 0 Å². The van der Waals surface area contributed by atoms with Crippen LogP contribution in [0.5, 0.6) is 0 Å². The molecule has 0 aliphatic rings. The third-order valence-electron chi connectivity index (χ3n) is 13.3. The minimum atomic E-state index is -5.11. The van der Waals surface area contributed by atoms with Gasteiger partial charge in [-0.3, -0.25) is 19.2 Å². The van der Waals surface area contributed by atoms with Gasteiger partial charge in [0.25, 0.3) is 10.5 Å². The highest BCUT2D eigenvalue weighted by Gasteiger charge is 2.55. The van der Waals surface area contributed by atoms with Crippen molar-refractivity contribution in [1.82, 2.24) is 0 Å². The number of benzene rings is 6. The van der Waals surface area contributed by atoms with Gasteiger partial charge in [-0.05, 0) is 146 Å². The zero-order valence-corrected chi connectivity index (χ0v) is 45.8. The summed E-state index contributed by atoms with van der Waals surface area (Å²) in [5.41, 5.74) is -2.27. The highest BCUT2D eigenvalue weighted by atomic mass is 35.5. The van der Waals surface area contributed by atoms with Gasteiger partial charge in [0.15, 0.2) is 34.0 Å². The van der Waals surface area contributed by atoms with Gasteiger partial charge < -0.3 is 31.9 Å². The van der Waals surface area contributed by atoms with Gasteiger partial charge in [0, 0.05) is 51.2 Å². The number of hydrogen-bond donors (Lipinski definition) is 6. The minimum absolute atomic E-state index is 0. The Hall–Kier alpha value is -6.82. The number of rotatable bonds is 15. The van der Waals surface area contributed by atoms with Crippen molar-refractivity contribution in [2.45, 2.75) is 129 Å². The lowest BCUT2D eigenvalue weighted by Gasteiger charge is -2.30. The monoisotopic (exact) mass is 1240 g/mol. The molecule has 0 aliphatic carbocycles. The number of halogens is 14. The summed E-state index contributed by atoms with van der Waals surface area (Å²) < 4.78 is 161. The quantitative estimate of drug-likeness (QED) is 0.0249. The normalized spacial score (nSPS) is 14.6. The molecular formula is C60H62Cl2F12N2O8. The molecule has 0 aromatic heterocycles. The number of anilines is 2. The molecule has 6 rings (SSSR count). The molecule has 6 aromatic rings. The molecule has 8 N–H and O–H groups in total. The maximum atomic E-state index is 13.9. The minimum Gasteiger partial charge on any atom is -0.398 e. The Labute approximate surface area is 487 Å². The summed E-state index contributed by atoms with van der Waals surface area (Å²) in [5.74, 6) is -0.870. The van der Waals surface area contributed by atoms with E-state index in [0.717, 1.165) is 18.2 Å². The number of aliphatic hydroxyl groups is 4.